The van der Waals surface area contributed by atoms with Gasteiger partial charge in [0, 0.05) is 11.3 Å². The van der Waals surface area contributed by atoms with E-state index in [1.54, 1.807) is 12.1 Å². The van der Waals surface area contributed by atoms with Crippen molar-refractivity contribution in [1.29, 1.82) is 0 Å². The SMILES string of the molecule is Cc1ccc(CNC(=O)c2cc(Cl)nc(C(C)C)c2)o1. The molecule has 2 rings (SSSR count). The van der Waals surface area contributed by atoms with Gasteiger partial charge in [0.1, 0.15) is 16.7 Å². The summed E-state index contributed by atoms with van der Waals surface area (Å²) >= 11 is 5.95. The third kappa shape index (κ3) is 3.61. The molecule has 0 aliphatic carbocycles. The summed E-state index contributed by atoms with van der Waals surface area (Å²) in [6, 6.07) is 7.03. The van der Waals surface area contributed by atoms with E-state index in [0.717, 1.165) is 17.2 Å². The maximum atomic E-state index is 12.1. The molecule has 0 unspecified atom stereocenters. The van der Waals surface area contributed by atoms with Crippen molar-refractivity contribution in [3.8, 4) is 0 Å². The first-order valence-electron chi connectivity index (χ1n) is 6.46. The van der Waals surface area contributed by atoms with Gasteiger partial charge in [-0.05, 0) is 37.1 Å². The van der Waals surface area contributed by atoms with Gasteiger partial charge in [0.05, 0.1) is 6.54 Å². The zero-order valence-corrected chi connectivity index (χ0v) is 12.5. The van der Waals surface area contributed by atoms with Crippen LogP contribution in [0.15, 0.2) is 28.7 Å². The standard InChI is InChI=1S/C15H17ClN2O2/c1-9(2)13-6-11(7-14(16)18-13)15(19)17-8-12-5-4-10(3)20-12/h4-7,9H,8H2,1-3H3,(H,17,19). The van der Waals surface area contributed by atoms with Crippen LogP contribution in [-0.4, -0.2) is 10.9 Å². The minimum atomic E-state index is -0.190. The van der Waals surface area contributed by atoms with Crippen molar-refractivity contribution in [2.45, 2.75) is 33.2 Å². The van der Waals surface area contributed by atoms with Crippen LogP contribution < -0.4 is 5.32 Å². The number of amides is 1. The predicted octanol–water partition coefficient (Wildman–Crippen LogP) is 3.69. The Balaban J connectivity index is 2.09. The van der Waals surface area contributed by atoms with E-state index in [4.69, 9.17) is 16.0 Å². The monoisotopic (exact) mass is 292 g/mol. The maximum absolute atomic E-state index is 12.1. The van der Waals surface area contributed by atoms with Gasteiger partial charge in [-0.15, -0.1) is 0 Å². The lowest BCUT2D eigenvalue weighted by Gasteiger charge is -2.08. The lowest BCUT2D eigenvalue weighted by atomic mass is 10.1. The number of carbonyl (C=O) groups is 1. The minimum Gasteiger partial charge on any atom is -0.465 e. The van der Waals surface area contributed by atoms with Gasteiger partial charge in [0.25, 0.3) is 5.91 Å². The van der Waals surface area contributed by atoms with Crippen LogP contribution in [0.2, 0.25) is 5.15 Å². The summed E-state index contributed by atoms with van der Waals surface area (Å²) in [5.74, 6) is 1.57. The molecule has 1 amide bonds. The van der Waals surface area contributed by atoms with Gasteiger partial charge < -0.3 is 9.73 Å². The fourth-order valence-corrected chi connectivity index (χ4v) is 2.01. The topological polar surface area (TPSA) is 55.1 Å². The van der Waals surface area contributed by atoms with Crippen LogP contribution in [0.4, 0.5) is 0 Å². The fourth-order valence-electron chi connectivity index (χ4n) is 1.79. The molecule has 0 saturated carbocycles. The van der Waals surface area contributed by atoms with Gasteiger partial charge in [-0.2, -0.15) is 0 Å². The minimum absolute atomic E-state index is 0.190. The summed E-state index contributed by atoms with van der Waals surface area (Å²) < 4.78 is 5.40. The Labute approximate surface area is 123 Å². The second-order valence-corrected chi connectivity index (χ2v) is 5.34. The average Bonchev–Trinajstić information content (AvgIpc) is 2.81. The molecule has 0 aromatic carbocycles. The molecule has 2 heterocycles. The van der Waals surface area contributed by atoms with E-state index >= 15 is 0 Å². The van der Waals surface area contributed by atoms with E-state index in [0.29, 0.717) is 17.3 Å². The quantitative estimate of drug-likeness (QED) is 0.874. The van der Waals surface area contributed by atoms with Crippen molar-refractivity contribution in [3.63, 3.8) is 0 Å². The highest BCUT2D eigenvalue weighted by atomic mass is 35.5. The Morgan fingerprint density at radius 3 is 2.75 bits per heavy atom. The van der Waals surface area contributed by atoms with E-state index in [9.17, 15) is 4.79 Å². The molecule has 0 fully saturated rings. The zero-order valence-electron chi connectivity index (χ0n) is 11.7. The van der Waals surface area contributed by atoms with Crippen molar-refractivity contribution < 1.29 is 9.21 Å². The summed E-state index contributed by atoms with van der Waals surface area (Å²) in [4.78, 5) is 16.3. The van der Waals surface area contributed by atoms with Crippen molar-refractivity contribution in [2.24, 2.45) is 0 Å². The number of nitrogens with zero attached hydrogens (tertiary/aromatic N) is 1. The van der Waals surface area contributed by atoms with Crippen molar-refractivity contribution >= 4 is 17.5 Å². The first-order chi connectivity index (χ1) is 9.45. The molecule has 2 aromatic heterocycles. The number of pyridine rings is 1. The number of carbonyl (C=O) groups excluding carboxylic acids is 1. The number of hydrogen-bond donors (Lipinski definition) is 1. The van der Waals surface area contributed by atoms with Crippen LogP contribution >= 0.6 is 11.6 Å². The van der Waals surface area contributed by atoms with Gasteiger partial charge in [-0.3, -0.25) is 4.79 Å². The molecule has 2 aromatic rings. The van der Waals surface area contributed by atoms with E-state index < -0.39 is 0 Å². The van der Waals surface area contributed by atoms with Crippen molar-refractivity contribution in [3.05, 3.63) is 52.2 Å². The first kappa shape index (κ1) is 14.6. The second-order valence-electron chi connectivity index (χ2n) is 4.95. The van der Waals surface area contributed by atoms with Crippen LogP contribution in [0.3, 0.4) is 0 Å². The number of nitrogens with one attached hydrogen (secondary N) is 1. The molecule has 0 radical (unpaired) electrons. The molecule has 0 bridgehead atoms. The van der Waals surface area contributed by atoms with Crippen LogP contribution in [0.5, 0.6) is 0 Å². The summed E-state index contributed by atoms with van der Waals surface area (Å²) in [6.45, 7) is 6.23. The maximum Gasteiger partial charge on any atom is 0.251 e. The highest BCUT2D eigenvalue weighted by Crippen LogP contribution is 2.17. The van der Waals surface area contributed by atoms with Crippen LogP contribution in [-0.2, 0) is 6.54 Å². The van der Waals surface area contributed by atoms with E-state index in [2.05, 4.69) is 10.3 Å². The smallest absolute Gasteiger partial charge is 0.251 e. The molecule has 0 aliphatic rings. The summed E-state index contributed by atoms with van der Waals surface area (Å²) in [6.07, 6.45) is 0. The molecule has 0 saturated heterocycles. The summed E-state index contributed by atoms with van der Waals surface area (Å²) in [7, 11) is 0. The zero-order chi connectivity index (χ0) is 14.7. The van der Waals surface area contributed by atoms with Crippen molar-refractivity contribution in [2.75, 3.05) is 0 Å². The highest BCUT2D eigenvalue weighted by molar-refractivity contribution is 6.29. The van der Waals surface area contributed by atoms with Crippen LogP contribution in [0, 0.1) is 6.92 Å². The summed E-state index contributed by atoms with van der Waals surface area (Å²) in [5, 5.41) is 3.13. The molecule has 20 heavy (non-hydrogen) atoms. The molecular weight excluding hydrogens is 276 g/mol. The van der Waals surface area contributed by atoms with Gasteiger partial charge in [0.15, 0.2) is 0 Å². The number of aromatic nitrogens is 1. The fraction of sp³-hybridized carbons (Fsp3) is 0.333. The summed E-state index contributed by atoms with van der Waals surface area (Å²) in [5.41, 5.74) is 1.31. The Bertz CT molecular complexity index is 620. The normalized spacial score (nSPS) is 10.8. The van der Waals surface area contributed by atoms with E-state index in [-0.39, 0.29) is 11.8 Å². The lowest BCUT2D eigenvalue weighted by molar-refractivity contribution is 0.0947. The molecule has 4 nitrogen and oxygen atoms in total. The van der Waals surface area contributed by atoms with Crippen molar-refractivity contribution in [1.82, 2.24) is 10.3 Å². The Morgan fingerprint density at radius 1 is 1.40 bits per heavy atom. The third-order valence-corrected chi connectivity index (χ3v) is 3.08. The average molecular weight is 293 g/mol. The van der Waals surface area contributed by atoms with Crippen LogP contribution in [0.1, 0.15) is 47.3 Å². The molecule has 5 heteroatoms. The van der Waals surface area contributed by atoms with Gasteiger partial charge in [-0.1, -0.05) is 25.4 Å². The lowest BCUT2D eigenvalue weighted by Crippen LogP contribution is -2.23. The molecular formula is C15H17ClN2O2. The molecule has 106 valence electrons. The molecule has 0 atom stereocenters. The number of aryl methyl sites for hydroxylation is 1. The van der Waals surface area contributed by atoms with Crippen LogP contribution in [0.25, 0.3) is 0 Å². The van der Waals surface area contributed by atoms with Gasteiger partial charge >= 0.3 is 0 Å². The first-order valence-corrected chi connectivity index (χ1v) is 6.84. The number of hydrogen-bond acceptors (Lipinski definition) is 3. The van der Waals surface area contributed by atoms with Gasteiger partial charge in [0.2, 0.25) is 0 Å². The Morgan fingerprint density at radius 2 is 2.15 bits per heavy atom. The Hall–Kier alpha value is -1.81. The van der Waals surface area contributed by atoms with Gasteiger partial charge in [-0.25, -0.2) is 4.98 Å². The molecule has 1 N–H and O–H groups in total. The largest absolute Gasteiger partial charge is 0.465 e. The van der Waals surface area contributed by atoms with E-state index in [1.165, 1.54) is 0 Å². The molecule has 0 spiro atoms. The Kier molecular flexibility index (Phi) is 4.45. The number of halogens is 1. The highest BCUT2D eigenvalue weighted by Gasteiger charge is 2.11. The predicted molar refractivity (Wildman–Crippen MR) is 78.0 cm³/mol. The number of rotatable bonds is 4. The number of furan rings is 1. The van der Waals surface area contributed by atoms with E-state index in [1.807, 2.05) is 32.9 Å². The second kappa shape index (κ2) is 6.09. The molecule has 0 aliphatic heterocycles. The third-order valence-electron chi connectivity index (χ3n) is 2.89.